The summed E-state index contributed by atoms with van der Waals surface area (Å²) in [6.45, 7) is 4.58. The van der Waals surface area contributed by atoms with Gasteiger partial charge in [-0.2, -0.15) is 4.31 Å². The van der Waals surface area contributed by atoms with Gasteiger partial charge >= 0.3 is 0 Å². The lowest BCUT2D eigenvalue weighted by molar-refractivity contribution is -0.130. The van der Waals surface area contributed by atoms with Crippen LogP contribution in [0.4, 0.5) is 0 Å². The van der Waals surface area contributed by atoms with E-state index < -0.39 is 10.0 Å². The van der Waals surface area contributed by atoms with Crippen LogP contribution in [0, 0.1) is 0 Å². The maximum Gasteiger partial charge on any atom is 0.243 e. The third-order valence-electron chi connectivity index (χ3n) is 3.36. The van der Waals surface area contributed by atoms with Gasteiger partial charge in [0.15, 0.2) is 0 Å². The molecule has 5 nitrogen and oxygen atoms in total. The fourth-order valence-electron chi connectivity index (χ4n) is 2.31. The molecule has 0 spiro atoms. The van der Waals surface area contributed by atoms with Gasteiger partial charge in [-0.15, -0.1) is 0 Å². The number of nitrogens with zero attached hydrogens (tertiary/aromatic N) is 2. The summed E-state index contributed by atoms with van der Waals surface area (Å²) in [6.07, 6.45) is 0. The van der Waals surface area contributed by atoms with Crippen molar-refractivity contribution in [3.05, 3.63) is 30.3 Å². The molecule has 1 aromatic rings. The number of sulfonamides is 1. The minimum absolute atomic E-state index is 0.0105. The quantitative estimate of drug-likeness (QED) is 0.811. The molecule has 0 aromatic heterocycles. The first kappa shape index (κ1) is 14.0. The Labute approximate surface area is 113 Å². The van der Waals surface area contributed by atoms with Gasteiger partial charge in [0.2, 0.25) is 15.9 Å². The minimum atomic E-state index is -3.46. The van der Waals surface area contributed by atoms with Crippen LogP contribution in [-0.2, 0) is 14.8 Å². The van der Waals surface area contributed by atoms with Gasteiger partial charge in [-0.1, -0.05) is 18.2 Å². The third kappa shape index (κ3) is 2.79. The minimum Gasteiger partial charge on any atom is -0.340 e. The lowest BCUT2D eigenvalue weighted by atomic mass is 10.2. The molecule has 1 fully saturated rings. The molecule has 0 radical (unpaired) electrons. The Kier molecular flexibility index (Phi) is 3.91. The predicted octanol–water partition coefficient (Wildman–Crippen LogP) is 0.928. The van der Waals surface area contributed by atoms with Gasteiger partial charge < -0.3 is 4.90 Å². The maximum atomic E-state index is 12.5. The maximum absolute atomic E-state index is 12.5. The number of carbonyl (C=O) groups is 1. The van der Waals surface area contributed by atoms with Gasteiger partial charge in [0.1, 0.15) is 0 Å². The van der Waals surface area contributed by atoms with Gasteiger partial charge in [-0.05, 0) is 19.1 Å². The van der Waals surface area contributed by atoms with Crippen molar-refractivity contribution in [3.63, 3.8) is 0 Å². The van der Waals surface area contributed by atoms with Crippen molar-refractivity contribution >= 4 is 15.9 Å². The predicted molar refractivity (Wildman–Crippen MR) is 72.0 cm³/mol. The topological polar surface area (TPSA) is 57.7 Å². The molecule has 0 saturated carbocycles. The molecule has 1 heterocycles. The van der Waals surface area contributed by atoms with E-state index in [1.165, 1.54) is 11.2 Å². The summed E-state index contributed by atoms with van der Waals surface area (Å²) >= 11 is 0. The highest BCUT2D eigenvalue weighted by Crippen LogP contribution is 2.21. The normalized spacial score (nSPS) is 21.4. The number of hydrogen-bond acceptors (Lipinski definition) is 3. The van der Waals surface area contributed by atoms with Crippen LogP contribution in [0.2, 0.25) is 0 Å². The largest absolute Gasteiger partial charge is 0.340 e. The molecule has 1 saturated heterocycles. The number of carbonyl (C=O) groups excluding carboxylic acids is 1. The van der Waals surface area contributed by atoms with Crippen LogP contribution in [0.3, 0.4) is 0 Å². The third-order valence-corrected chi connectivity index (χ3v) is 5.39. The lowest BCUT2D eigenvalue weighted by Crippen LogP contribution is -2.54. The van der Waals surface area contributed by atoms with Crippen molar-refractivity contribution < 1.29 is 13.2 Å². The highest BCUT2D eigenvalue weighted by atomic mass is 32.2. The Hall–Kier alpha value is -1.40. The molecule has 104 valence electrons. The summed E-state index contributed by atoms with van der Waals surface area (Å²) in [5, 5.41) is 0. The fourth-order valence-corrected chi connectivity index (χ4v) is 3.95. The highest BCUT2D eigenvalue weighted by Gasteiger charge is 2.34. The van der Waals surface area contributed by atoms with Crippen molar-refractivity contribution in [2.75, 3.05) is 19.6 Å². The molecule has 1 atom stereocenters. The molecule has 1 aromatic carbocycles. The molecule has 0 N–H and O–H groups in total. The first-order valence-electron chi connectivity index (χ1n) is 6.25. The summed E-state index contributed by atoms with van der Waals surface area (Å²) in [7, 11) is -3.46. The second-order valence-corrected chi connectivity index (χ2v) is 6.63. The van der Waals surface area contributed by atoms with E-state index in [4.69, 9.17) is 0 Å². The second kappa shape index (κ2) is 5.30. The molecular formula is C13H18N2O3S. The van der Waals surface area contributed by atoms with Gasteiger partial charge in [0.05, 0.1) is 4.90 Å². The average Bonchev–Trinajstić information content (AvgIpc) is 2.39. The van der Waals surface area contributed by atoms with E-state index in [0.29, 0.717) is 24.5 Å². The fraction of sp³-hybridized carbons (Fsp3) is 0.462. The highest BCUT2D eigenvalue weighted by molar-refractivity contribution is 7.89. The number of benzene rings is 1. The summed E-state index contributed by atoms with van der Waals surface area (Å²) < 4.78 is 26.5. The van der Waals surface area contributed by atoms with Crippen LogP contribution in [-0.4, -0.2) is 49.2 Å². The molecule has 19 heavy (non-hydrogen) atoms. The Balaban J connectivity index is 2.22. The molecule has 1 aliphatic rings. The zero-order valence-corrected chi connectivity index (χ0v) is 11.9. The van der Waals surface area contributed by atoms with E-state index in [2.05, 4.69) is 0 Å². The van der Waals surface area contributed by atoms with Crippen LogP contribution in [0.25, 0.3) is 0 Å². The van der Waals surface area contributed by atoms with Crippen LogP contribution < -0.4 is 0 Å². The van der Waals surface area contributed by atoms with Crippen LogP contribution in [0.15, 0.2) is 35.2 Å². The van der Waals surface area contributed by atoms with E-state index in [1.54, 1.807) is 35.2 Å². The molecule has 6 heteroatoms. The van der Waals surface area contributed by atoms with Crippen molar-refractivity contribution in [3.8, 4) is 0 Å². The summed E-state index contributed by atoms with van der Waals surface area (Å²) in [5.74, 6) is -0.0105. The van der Waals surface area contributed by atoms with E-state index in [1.807, 2.05) is 6.92 Å². The molecule has 1 amide bonds. The SMILES string of the molecule is CC(=O)N1CCN(S(=O)(=O)c2ccccc2)C(C)C1. The van der Waals surface area contributed by atoms with Gasteiger partial charge in [0, 0.05) is 32.6 Å². The van der Waals surface area contributed by atoms with E-state index >= 15 is 0 Å². The Morgan fingerprint density at radius 1 is 1.21 bits per heavy atom. The van der Waals surface area contributed by atoms with Crippen molar-refractivity contribution in [1.82, 2.24) is 9.21 Å². The smallest absolute Gasteiger partial charge is 0.243 e. The number of rotatable bonds is 2. The molecule has 0 aliphatic carbocycles. The monoisotopic (exact) mass is 282 g/mol. The molecule has 1 unspecified atom stereocenters. The molecule has 1 aliphatic heterocycles. The summed E-state index contributed by atoms with van der Waals surface area (Å²) in [6, 6.07) is 8.20. The van der Waals surface area contributed by atoms with Crippen molar-refractivity contribution in [1.29, 1.82) is 0 Å². The second-order valence-electron chi connectivity index (χ2n) is 4.74. The van der Waals surface area contributed by atoms with Crippen molar-refractivity contribution in [2.24, 2.45) is 0 Å². The Bertz CT molecular complexity index is 557. The zero-order chi connectivity index (χ0) is 14.0. The zero-order valence-electron chi connectivity index (χ0n) is 11.1. The number of piperazine rings is 1. The Morgan fingerprint density at radius 2 is 1.84 bits per heavy atom. The lowest BCUT2D eigenvalue weighted by Gasteiger charge is -2.38. The van der Waals surface area contributed by atoms with Crippen LogP contribution in [0.5, 0.6) is 0 Å². The summed E-state index contributed by atoms with van der Waals surface area (Å²) in [5.41, 5.74) is 0. The van der Waals surface area contributed by atoms with Gasteiger partial charge in [0.25, 0.3) is 0 Å². The van der Waals surface area contributed by atoms with Crippen LogP contribution >= 0.6 is 0 Å². The van der Waals surface area contributed by atoms with Crippen molar-refractivity contribution in [2.45, 2.75) is 24.8 Å². The number of amides is 1. The standard InChI is InChI=1S/C13H18N2O3S/c1-11-10-14(12(2)16)8-9-15(11)19(17,18)13-6-4-3-5-7-13/h3-7,11H,8-10H2,1-2H3. The molecular weight excluding hydrogens is 264 g/mol. The first-order valence-corrected chi connectivity index (χ1v) is 7.69. The summed E-state index contributed by atoms with van der Waals surface area (Å²) in [4.78, 5) is 13.3. The van der Waals surface area contributed by atoms with E-state index in [0.717, 1.165) is 0 Å². The average molecular weight is 282 g/mol. The van der Waals surface area contributed by atoms with Gasteiger partial charge in [-0.3, -0.25) is 4.79 Å². The Morgan fingerprint density at radius 3 is 2.37 bits per heavy atom. The van der Waals surface area contributed by atoms with E-state index in [-0.39, 0.29) is 11.9 Å². The number of hydrogen-bond donors (Lipinski definition) is 0. The van der Waals surface area contributed by atoms with Gasteiger partial charge in [-0.25, -0.2) is 8.42 Å². The molecule has 0 bridgehead atoms. The first-order chi connectivity index (χ1) is 8.93. The van der Waals surface area contributed by atoms with Crippen LogP contribution in [0.1, 0.15) is 13.8 Å². The molecule has 2 rings (SSSR count). The van der Waals surface area contributed by atoms with E-state index in [9.17, 15) is 13.2 Å².